The lowest BCUT2D eigenvalue weighted by Crippen LogP contribution is -2.09. The van der Waals surface area contributed by atoms with Crippen molar-refractivity contribution < 1.29 is 19.1 Å². The van der Waals surface area contributed by atoms with E-state index in [1.165, 1.54) is 12.2 Å². The zero-order valence-electron chi connectivity index (χ0n) is 15.2. The second-order valence-corrected chi connectivity index (χ2v) is 7.66. The highest BCUT2D eigenvalue weighted by molar-refractivity contribution is 8.14. The van der Waals surface area contributed by atoms with Crippen LogP contribution in [0.5, 0.6) is 5.75 Å². The Bertz CT molecular complexity index is 926. The van der Waals surface area contributed by atoms with Crippen LogP contribution in [0.3, 0.4) is 0 Å². The largest absolute Gasteiger partial charge is 0.423 e. The maximum absolute atomic E-state index is 12.3. The van der Waals surface area contributed by atoms with Crippen LogP contribution in [0.2, 0.25) is 0 Å². The molecule has 2 rings (SSSR count). The van der Waals surface area contributed by atoms with Crippen LogP contribution >= 0.6 is 23.5 Å². The summed E-state index contributed by atoms with van der Waals surface area (Å²) in [5, 5.41) is -0.275. The van der Waals surface area contributed by atoms with Crippen molar-refractivity contribution in [3.05, 3.63) is 85.0 Å². The summed E-state index contributed by atoms with van der Waals surface area (Å²) in [6.45, 7) is 8.53. The predicted octanol–water partition coefficient (Wildman–Crippen LogP) is 5.30. The van der Waals surface area contributed by atoms with E-state index in [0.29, 0.717) is 11.3 Å². The highest BCUT2D eigenvalue weighted by atomic mass is 32.2. The second kappa shape index (κ2) is 10.5. The summed E-state index contributed by atoms with van der Waals surface area (Å²) in [7, 11) is 0. The van der Waals surface area contributed by atoms with Gasteiger partial charge in [0.15, 0.2) is 0 Å². The minimum Gasteiger partial charge on any atom is -0.423 e. The van der Waals surface area contributed by atoms with Crippen LogP contribution in [-0.4, -0.2) is 16.2 Å². The Morgan fingerprint density at radius 1 is 0.821 bits per heavy atom. The Kier molecular flexibility index (Phi) is 8.04. The Hall–Kier alpha value is -2.83. The number of carbonyl (C=O) groups excluding carboxylic acids is 3. The van der Waals surface area contributed by atoms with E-state index in [0.717, 1.165) is 38.9 Å². The number of rotatable bonds is 7. The third-order valence-corrected chi connectivity index (χ3v) is 5.14. The third-order valence-electron chi connectivity index (χ3n) is 3.39. The van der Waals surface area contributed by atoms with Gasteiger partial charge in [-0.2, -0.15) is 0 Å². The molecule has 2 aromatic carbocycles. The first-order valence-electron chi connectivity index (χ1n) is 8.20. The lowest BCUT2D eigenvalue weighted by Gasteiger charge is -2.06. The maximum Gasteiger partial charge on any atom is 0.339 e. The molecule has 0 fully saturated rings. The Balaban J connectivity index is 1.99. The van der Waals surface area contributed by atoms with Gasteiger partial charge in [0.1, 0.15) is 5.75 Å². The van der Waals surface area contributed by atoms with Gasteiger partial charge in [-0.1, -0.05) is 25.3 Å². The van der Waals surface area contributed by atoms with Gasteiger partial charge < -0.3 is 4.74 Å². The van der Waals surface area contributed by atoms with Crippen molar-refractivity contribution in [1.82, 2.24) is 0 Å². The first-order chi connectivity index (χ1) is 13.4. The fraction of sp³-hybridized carbons (Fsp3) is 0.0455. The van der Waals surface area contributed by atoms with Gasteiger partial charge in [-0.25, -0.2) is 4.79 Å². The van der Waals surface area contributed by atoms with Crippen LogP contribution < -0.4 is 4.74 Å². The van der Waals surface area contributed by atoms with E-state index in [4.69, 9.17) is 4.74 Å². The molecule has 0 aliphatic heterocycles. The average Bonchev–Trinajstić information content (AvgIpc) is 2.70. The maximum atomic E-state index is 12.3. The number of benzene rings is 2. The van der Waals surface area contributed by atoms with Gasteiger partial charge >= 0.3 is 5.97 Å². The van der Waals surface area contributed by atoms with Crippen LogP contribution in [0.1, 0.15) is 12.5 Å². The topological polar surface area (TPSA) is 60.4 Å². The highest BCUT2D eigenvalue weighted by Crippen LogP contribution is 2.23. The van der Waals surface area contributed by atoms with Crippen molar-refractivity contribution in [2.45, 2.75) is 16.7 Å². The molecule has 0 spiro atoms. The van der Waals surface area contributed by atoms with Crippen LogP contribution in [0.25, 0.3) is 6.08 Å². The molecule has 28 heavy (non-hydrogen) atoms. The Morgan fingerprint density at radius 2 is 1.29 bits per heavy atom. The van der Waals surface area contributed by atoms with Crippen molar-refractivity contribution >= 4 is 45.8 Å². The molecule has 6 heteroatoms. The molecule has 0 atom stereocenters. The van der Waals surface area contributed by atoms with E-state index in [1.807, 2.05) is 12.1 Å². The molecule has 2 aromatic rings. The molecule has 0 radical (unpaired) electrons. The van der Waals surface area contributed by atoms with Gasteiger partial charge in [0.05, 0.1) is 0 Å². The molecule has 0 aromatic heterocycles. The highest BCUT2D eigenvalue weighted by Gasteiger charge is 2.09. The van der Waals surface area contributed by atoms with Gasteiger partial charge in [0.25, 0.3) is 0 Å². The van der Waals surface area contributed by atoms with E-state index in [2.05, 4.69) is 13.2 Å². The summed E-state index contributed by atoms with van der Waals surface area (Å²) >= 11 is 2.14. The Labute approximate surface area is 172 Å². The fourth-order valence-electron chi connectivity index (χ4n) is 2.02. The second-order valence-electron chi connectivity index (χ2n) is 5.51. The summed E-state index contributed by atoms with van der Waals surface area (Å²) in [5.74, 6) is -0.0781. The van der Waals surface area contributed by atoms with Crippen molar-refractivity contribution in [2.75, 3.05) is 0 Å². The van der Waals surface area contributed by atoms with Gasteiger partial charge in [0, 0.05) is 15.4 Å². The minimum atomic E-state index is -0.470. The molecule has 142 valence electrons. The molecule has 0 saturated heterocycles. The average molecular weight is 411 g/mol. The summed E-state index contributed by atoms with van der Waals surface area (Å²) in [4.78, 5) is 36.5. The number of thioether (sulfide) groups is 2. The number of hydrogen-bond acceptors (Lipinski definition) is 6. The smallest absolute Gasteiger partial charge is 0.339 e. The van der Waals surface area contributed by atoms with Gasteiger partial charge in [-0.3, -0.25) is 9.59 Å². The summed E-state index contributed by atoms with van der Waals surface area (Å²) in [6, 6.07) is 13.9. The summed E-state index contributed by atoms with van der Waals surface area (Å²) in [5.41, 5.74) is 1.25. The van der Waals surface area contributed by atoms with Crippen LogP contribution in [0.4, 0.5) is 0 Å². The molecule has 0 aliphatic carbocycles. The van der Waals surface area contributed by atoms with Crippen molar-refractivity contribution in [1.29, 1.82) is 0 Å². The van der Waals surface area contributed by atoms with E-state index in [-0.39, 0.29) is 10.2 Å². The molecule has 4 nitrogen and oxygen atoms in total. The minimum absolute atomic E-state index is 0.124. The van der Waals surface area contributed by atoms with Crippen LogP contribution in [-0.2, 0) is 14.4 Å². The van der Waals surface area contributed by atoms with Crippen molar-refractivity contribution in [3.63, 3.8) is 0 Å². The lowest BCUT2D eigenvalue weighted by atomic mass is 10.1. The number of hydrogen-bond donors (Lipinski definition) is 0. The van der Waals surface area contributed by atoms with Crippen LogP contribution in [0.15, 0.2) is 89.2 Å². The number of ether oxygens (including phenoxy) is 1. The Morgan fingerprint density at radius 3 is 1.75 bits per heavy atom. The quantitative estimate of drug-likeness (QED) is 0.267. The molecule has 0 unspecified atom stereocenters. The third kappa shape index (κ3) is 6.72. The van der Waals surface area contributed by atoms with E-state index >= 15 is 0 Å². The van der Waals surface area contributed by atoms with Crippen LogP contribution in [0, 0.1) is 0 Å². The summed E-state index contributed by atoms with van der Waals surface area (Å²) < 4.78 is 5.34. The molecule has 0 N–H and O–H groups in total. The van der Waals surface area contributed by atoms with Gasteiger partial charge in [-0.15, -0.1) is 0 Å². The first kappa shape index (κ1) is 21.5. The van der Waals surface area contributed by atoms with E-state index < -0.39 is 5.97 Å². The van der Waals surface area contributed by atoms with E-state index in [1.54, 1.807) is 49.4 Å². The molecule has 0 bridgehead atoms. The zero-order valence-corrected chi connectivity index (χ0v) is 16.8. The molecular formula is C22H18O4S2. The molecule has 0 heterocycles. The monoisotopic (exact) mass is 410 g/mol. The SMILES string of the molecule is C=CC(=O)Sc1ccc(/C=C(\C)C(=O)Oc2ccc(SC(=O)C=C)cc2)cc1. The number of esters is 1. The zero-order chi connectivity index (χ0) is 20.5. The lowest BCUT2D eigenvalue weighted by molar-refractivity contribution is -0.130. The van der Waals surface area contributed by atoms with Gasteiger partial charge in [0.2, 0.25) is 10.2 Å². The predicted molar refractivity (Wildman–Crippen MR) is 114 cm³/mol. The molecule has 0 saturated carbocycles. The molecular weight excluding hydrogens is 392 g/mol. The van der Waals surface area contributed by atoms with E-state index in [9.17, 15) is 14.4 Å². The standard InChI is InChI=1S/C22H18O4S2/c1-4-20(23)27-18-10-6-16(7-11-18)14-15(3)22(25)26-17-8-12-19(13-9-17)28-21(24)5-2/h4-14H,1-2H2,3H3/b15-14+. The normalized spacial score (nSPS) is 10.8. The number of carbonyl (C=O) groups is 3. The summed E-state index contributed by atoms with van der Waals surface area (Å²) in [6.07, 6.45) is 4.22. The molecule has 0 amide bonds. The fourth-order valence-corrected chi connectivity index (χ4v) is 3.20. The van der Waals surface area contributed by atoms with Crippen molar-refractivity contribution in [2.24, 2.45) is 0 Å². The first-order valence-corrected chi connectivity index (χ1v) is 9.83. The molecule has 0 aliphatic rings. The van der Waals surface area contributed by atoms with Crippen molar-refractivity contribution in [3.8, 4) is 5.75 Å². The van der Waals surface area contributed by atoms with Gasteiger partial charge in [-0.05, 0) is 90.6 Å².